The molecule has 3 heteroatoms. The Morgan fingerprint density at radius 3 is 1.41 bits per heavy atom. The summed E-state index contributed by atoms with van der Waals surface area (Å²) in [6.07, 6.45) is 2.53. The molecule has 17 heavy (non-hydrogen) atoms. The molecule has 1 fully saturated rings. The second-order valence-electron chi connectivity index (χ2n) is 3.42. The fraction of sp³-hybridized carbons (Fsp3) is 0.571. The van der Waals surface area contributed by atoms with Crippen LogP contribution in [0.3, 0.4) is 0 Å². The first-order valence-electron chi connectivity index (χ1n) is 5.92. The molecule has 1 saturated carbocycles. The third kappa shape index (κ3) is 15.1. The van der Waals surface area contributed by atoms with Crippen LogP contribution in [-0.2, 0) is 0 Å². The maximum Gasteiger partial charge on any atom is 0.0319 e. The van der Waals surface area contributed by atoms with Gasteiger partial charge in [-0.1, -0.05) is 38.1 Å². The molecule has 1 aromatic rings. The van der Waals surface area contributed by atoms with Gasteiger partial charge in [-0.2, -0.15) is 0 Å². The summed E-state index contributed by atoms with van der Waals surface area (Å²) < 4.78 is 0. The van der Waals surface area contributed by atoms with Crippen molar-refractivity contribution < 1.29 is 12.0 Å². The largest absolute Gasteiger partial charge is 0.412 e. The number of rotatable bonds is 0. The molecule has 3 nitrogen and oxygen atoms in total. The SMILES string of the molecule is CC.CO.Cc1ccccc1C.NC1CC1.O.[HH]. The van der Waals surface area contributed by atoms with Gasteiger partial charge >= 0.3 is 0 Å². The maximum atomic E-state index is 7.00. The average Bonchev–Trinajstić information content (AvgIpc) is 3.12. The predicted molar refractivity (Wildman–Crippen MR) is 78.3 cm³/mol. The zero-order valence-electron chi connectivity index (χ0n) is 11.8. The third-order valence-electron chi connectivity index (χ3n) is 2.05. The molecule has 0 spiro atoms. The van der Waals surface area contributed by atoms with Crippen molar-refractivity contribution in [2.45, 2.75) is 46.6 Å². The molecule has 1 aliphatic rings. The lowest BCUT2D eigenvalue weighted by Crippen LogP contribution is -1.94. The zero-order valence-corrected chi connectivity index (χ0v) is 11.8. The Morgan fingerprint density at radius 2 is 1.29 bits per heavy atom. The van der Waals surface area contributed by atoms with Crippen molar-refractivity contribution in [2.24, 2.45) is 5.73 Å². The summed E-state index contributed by atoms with van der Waals surface area (Å²) in [5.41, 5.74) is 7.96. The van der Waals surface area contributed by atoms with Gasteiger partial charge in [0.15, 0.2) is 0 Å². The molecule has 1 aromatic carbocycles. The van der Waals surface area contributed by atoms with Crippen molar-refractivity contribution in [3.8, 4) is 0 Å². The van der Waals surface area contributed by atoms with E-state index in [1.54, 1.807) is 0 Å². The highest BCUT2D eigenvalue weighted by molar-refractivity contribution is 5.23. The Kier molecular flexibility index (Phi) is 19.0. The first kappa shape index (κ1) is 21.4. The number of aryl methyl sites for hydroxylation is 2. The standard InChI is InChI=1S/C8H10.C3H7N.C2H6.CH4O.H2O.H2/c1-7-5-3-4-6-8(7)2;4-3-1-2-3;2*1-2;;/h3-6H,1-2H3;3H,1-2,4H2;1-2H3;2H,1H3;1H2;1H. The normalized spacial score (nSPS) is 11.2. The minimum atomic E-state index is 0. The van der Waals surface area contributed by atoms with Crippen molar-refractivity contribution in [3.63, 3.8) is 0 Å². The monoisotopic (exact) mass is 245 g/mol. The van der Waals surface area contributed by atoms with Gasteiger partial charge in [0.1, 0.15) is 0 Å². The lowest BCUT2D eigenvalue weighted by atomic mass is 10.1. The molecule has 1 aliphatic carbocycles. The molecule has 0 aromatic heterocycles. The lowest BCUT2D eigenvalue weighted by Gasteiger charge is -1.93. The maximum absolute atomic E-state index is 7.00. The number of benzene rings is 1. The topological polar surface area (TPSA) is 77.8 Å². The van der Waals surface area contributed by atoms with Gasteiger partial charge in [-0.15, -0.1) is 0 Å². The van der Waals surface area contributed by atoms with E-state index in [-0.39, 0.29) is 6.90 Å². The summed E-state index contributed by atoms with van der Waals surface area (Å²) in [5, 5.41) is 7.00. The molecule has 0 aliphatic heterocycles. The van der Waals surface area contributed by atoms with Gasteiger partial charge < -0.3 is 16.3 Å². The molecule has 0 saturated heterocycles. The van der Waals surface area contributed by atoms with Gasteiger partial charge in [0.05, 0.1) is 0 Å². The predicted octanol–water partition coefficient (Wildman–Crippen LogP) is 2.47. The first-order chi connectivity index (χ1) is 7.70. The van der Waals surface area contributed by atoms with Crippen molar-refractivity contribution in [1.82, 2.24) is 0 Å². The molecule has 104 valence electrons. The van der Waals surface area contributed by atoms with Crippen LogP contribution in [0.25, 0.3) is 0 Å². The summed E-state index contributed by atoms with van der Waals surface area (Å²) in [6.45, 7) is 8.24. The van der Waals surface area contributed by atoms with Crippen LogP contribution in [0.15, 0.2) is 24.3 Å². The van der Waals surface area contributed by atoms with Crippen LogP contribution in [0.1, 0.15) is 39.2 Å². The van der Waals surface area contributed by atoms with Crippen molar-refractivity contribution in [2.75, 3.05) is 7.11 Å². The van der Waals surface area contributed by atoms with Crippen LogP contribution >= 0.6 is 0 Å². The smallest absolute Gasteiger partial charge is 0.0319 e. The van der Waals surface area contributed by atoms with E-state index in [1.807, 2.05) is 13.8 Å². The first-order valence-corrected chi connectivity index (χ1v) is 5.92. The molecule has 0 heterocycles. The van der Waals surface area contributed by atoms with E-state index in [0.29, 0.717) is 6.04 Å². The van der Waals surface area contributed by atoms with Crippen LogP contribution in [-0.4, -0.2) is 23.7 Å². The minimum Gasteiger partial charge on any atom is -0.412 e. The summed E-state index contributed by atoms with van der Waals surface area (Å²) in [7, 11) is 1.00. The van der Waals surface area contributed by atoms with Gasteiger partial charge in [0.25, 0.3) is 0 Å². The van der Waals surface area contributed by atoms with Gasteiger partial charge in [-0.3, -0.25) is 0 Å². The Labute approximate surface area is 107 Å². The highest BCUT2D eigenvalue weighted by atomic mass is 16.2. The van der Waals surface area contributed by atoms with Crippen LogP contribution in [0.2, 0.25) is 0 Å². The van der Waals surface area contributed by atoms with Crippen LogP contribution in [0.4, 0.5) is 0 Å². The minimum absolute atomic E-state index is 0. The molecular formula is C14H31NO2. The molecular weight excluding hydrogens is 214 g/mol. The molecule has 0 bridgehead atoms. The Hall–Kier alpha value is -0.900. The van der Waals surface area contributed by atoms with Crippen molar-refractivity contribution >= 4 is 0 Å². The van der Waals surface area contributed by atoms with E-state index in [0.717, 1.165) is 7.11 Å². The molecule has 0 radical (unpaired) electrons. The number of aliphatic hydroxyl groups excluding tert-OH is 1. The lowest BCUT2D eigenvalue weighted by molar-refractivity contribution is 0.399. The quantitative estimate of drug-likeness (QED) is 0.736. The van der Waals surface area contributed by atoms with Crippen molar-refractivity contribution in [1.29, 1.82) is 0 Å². The van der Waals surface area contributed by atoms with Crippen LogP contribution < -0.4 is 5.73 Å². The Morgan fingerprint density at radius 1 is 1.06 bits per heavy atom. The fourth-order valence-electron chi connectivity index (χ4n) is 0.759. The number of nitrogens with two attached hydrogens (primary N) is 1. The van der Waals surface area contributed by atoms with Gasteiger partial charge in [0.2, 0.25) is 0 Å². The zero-order chi connectivity index (χ0) is 13.0. The molecule has 0 unspecified atom stereocenters. The summed E-state index contributed by atoms with van der Waals surface area (Å²) in [6, 6.07) is 8.94. The van der Waals surface area contributed by atoms with E-state index >= 15 is 0 Å². The second kappa shape index (κ2) is 15.1. The van der Waals surface area contributed by atoms with E-state index in [1.165, 1.54) is 24.0 Å². The summed E-state index contributed by atoms with van der Waals surface area (Å²) in [5.74, 6) is 0. The van der Waals surface area contributed by atoms with Crippen LogP contribution in [0.5, 0.6) is 0 Å². The molecule has 0 atom stereocenters. The molecule has 2 rings (SSSR count). The van der Waals surface area contributed by atoms with Gasteiger partial charge in [-0.25, -0.2) is 0 Å². The highest BCUT2D eigenvalue weighted by Gasteiger charge is 2.13. The average molecular weight is 245 g/mol. The molecule has 0 amide bonds. The third-order valence-corrected chi connectivity index (χ3v) is 2.05. The van der Waals surface area contributed by atoms with Gasteiger partial charge in [0, 0.05) is 14.6 Å². The van der Waals surface area contributed by atoms with E-state index in [2.05, 4.69) is 38.1 Å². The number of hydrogen-bond acceptors (Lipinski definition) is 2. The van der Waals surface area contributed by atoms with Crippen molar-refractivity contribution in [3.05, 3.63) is 35.4 Å². The fourth-order valence-corrected chi connectivity index (χ4v) is 0.759. The van der Waals surface area contributed by atoms with Crippen LogP contribution in [0, 0.1) is 13.8 Å². The summed E-state index contributed by atoms with van der Waals surface area (Å²) >= 11 is 0. The van der Waals surface area contributed by atoms with Gasteiger partial charge in [-0.05, 0) is 37.8 Å². The van der Waals surface area contributed by atoms with E-state index < -0.39 is 0 Å². The van der Waals surface area contributed by atoms with E-state index in [4.69, 9.17) is 10.8 Å². The number of aliphatic hydroxyl groups is 1. The highest BCUT2D eigenvalue weighted by Crippen LogP contribution is 2.13. The van der Waals surface area contributed by atoms with E-state index in [9.17, 15) is 0 Å². The molecule has 5 N–H and O–H groups in total. The second-order valence-corrected chi connectivity index (χ2v) is 3.42. The summed E-state index contributed by atoms with van der Waals surface area (Å²) in [4.78, 5) is 0. The Bertz CT molecular complexity index is 232. The number of hydrogen-bond donors (Lipinski definition) is 2. The Balaban J connectivity index is -0.0000000847.